The van der Waals surface area contributed by atoms with Crippen LogP contribution in [0, 0.1) is 5.92 Å². The van der Waals surface area contributed by atoms with Crippen molar-refractivity contribution in [3.05, 3.63) is 34.3 Å². The van der Waals surface area contributed by atoms with Crippen LogP contribution in [0.1, 0.15) is 24.9 Å². The van der Waals surface area contributed by atoms with Gasteiger partial charge in [0.15, 0.2) is 0 Å². The van der Waals surface area contributed by atoms with Crippen molar-refractivity contribution in [3.63, 3.8) is 0 Å². The van der Waals surface area contributed by atoms with Gasteiger partial charge >= 0.3 is 0 Å². The predicted molar refractivity (Wildman–Crippen MR) is 58.7 cm³/mol. The van der Waals surface area contributed by atoms with Crippen LogP contribution in [0.3, 0.4) is 0 Å². The topological polar surface area (TPSA) is 12.0 Å². The zero-order valence-electron chi connectivity index (χ0n) is 7.76. The summed E-state index contributed by atoms with van der Waals surface area (Å²) >= 11 is 3.59. The van der Waals surface area contributed by atoms with E-state index in [0.717, 1.165) is 12.5 Å². The summed E-state index contributed by atoms with van der Waals surface area (Å²) in [7, 11) is 0. The second-order valence-corrected chi connectivity index (χ2v) is 4.68. The highest BCUT2D eigenvalue weighted by Crippen LogP contribution is 2.31. The summed E-state index contributed by atoms with van der Waals surface area (Å²) in [5, 5.41) is 3.53. The lowest BCUT2D eigenvalue weighted by molar-refractivity contribution is 0.610. The van der Waals surface area contributed by atoms with Crippen LogP contribution < -0.4 is 5.32 Å². The van der Waals surface area contributed by atoms with Crippen molar-refractivity contribution in [1.82, 2.24) is 5.32 Å². The first-order valence-electron chi connectivity index (χ1n) is 4.75. The van der Waals surface area contributed by atoms with E-state index in [1.165, 1.54) is 16.5 Å². The van der Waals surface area contributed by atoms with E-state index in [1.807, 2.05) is 0 Å². The van der Waals surface area contributed by atoms with Gasteiger partial charge in [0.2, 0.25) is 0 Å². The second kappa shape index (κ2) is 3.81. The number of rotatable bonds is 1. The molecule has 0 aromatic heterocycles. The number of hydrogen-bond acceptors (Lipinski definition) is 1. The Balaban J connectivity index is 2.21. The van der Waals surface area contributed by atoms with Crippen molar-refractivity contribution in [2.24, 2.45) is 5.92 Å². The maximum atomic E-state index is 3.59. The predicted octanol–water partition coefficient (Wildman–Crippen LogP) is 3.12. The molecule has 0 amide bonds. The first-order valence-corrected chi connectivity index (χ1v) is 5.54. The molecule has 2 heteroatoms. The summed E-state index contributed by atoms with van der Waals surface area (Å²) in [6.07, 6.45) is 1.25. The molecule has 0 bridgehead atoms. The molecular formula is C11H14BrN. The van der Waals surface area contributed by atoms with Crippen LogP contribution in [0.15, 0.2) is 28.7 Å². The highest BCUT2D eigenvalue weighted by molar-refractivity contribution is 9.10. The molecule has 1 aromatic carbocycles. The van der Waals surface area contributed by atoms with Gasteiger partial charge < -0.3 is 5.32 Å². The summed E-state index contributed by atoms with van der Waals surface area (Å²) in [4.78, 5) is 0. The average Bonchev–Trinajstić information content (AvgIpc) is 2.53. The molecule has 1 N–H and O–H groups in total. The Kier molecular flexibility index (Phi) is 2.70. The molecular weight excluding hydrogens is 226 g/mol. The van der Waals surface area contributed by atoms with Crippen molar-refractivity contribution in [1.29, 1.82) is 0 Å². The maximum absolute atomic E-state index is 3.59. The van der Waals surface area contributed by atoms with Gasteiger partial charge in [0.05, 0.1) is 0 Å². The third-order valence-electron chi connectivity index (χ3n) is 2.63. The fourth-order valence-corrected chi connectivity index (χ4v) is 2.47. The number of nitrogens with one attached hydrogen (secondary N) is 1. The van der Waals surface area contributed by atoms with E-state index in [9.17, 15) is 0 Å². The molecule has 1 nitrogen and oxygen atoms in total. The van der Waals surface area contributed by atoms with Gasteiger partial charge in [-0.25, -0.2) is 0 Å². The standard InChI is InChI=1S/C11H14BrN/c1-8-6-11(13-7-8)9-4-2-3-5-10(9)12/h2-5,8,11,13H,6-7H2,1H3/t8-,11+/m0/s1. The van der Waals surface area contributed by atoms with Crippen molar-refractivity contribution in [2.75, 3.05) is 6.54 Å². The minimum absolute atomic E-state index is 0.547. The lowest BCUT2D eigenvalue weighted by atomic mass is 10.0. The van der Waals surface area contributed by atoms with E-state index >= 15 is 0 Å². The molecule has 0 radical (unpaired) electrons. The SMILES string of the molecule is C[C@@H]1CN[C@@H](c2ccccc2Br)C1. The summed E-state index contributed by atoms with van der Waals surface area (Å²) in [5.41, 5.74) is 1.40. The molecule has 1 aromatic rings. The molecule has 0 aliphatic carbocycles. The summed E-state index contributed by atoms with van der Waals surface area (Å²) in [5.74, 6) is 0.803. The van der Waals surface area contributed by atoms with Crippen LogP contribution in [0.5, 0.6) is 0 Å². The van der Waals surface area contributed by atoms with Crippen LogP contribution in [0.4, 0.5) is 0 Å². The third-order valence-corrected chi connectivity index (χ3v) is 3.35. The number of halogens is 1. The molecule has 2 rings (SSSR count). The van der Waals surface area contributed by atoms with Gasteiger partial charge in [0, 0.05) is 10.5 Å². The molecule has 2 atom stereocenters. The van der Waals surface area contributed by atoms with Crippen molar-refractivity contribution in [3.8, 4) is 0 Å². The largest absolute Gasteiger partial charge is 0.310 e. The van der Waals surface area contributed by atoms with E-state index in [0.29, 0.717) is 6.04 Å². The van der Waals surface area contributed by atoms with Crippen LogP contribution in [0.25, 0.3) is 0 Å². The number of hydrogen-bond donors (Lipinski definition) is 1. The molecule has 1 saturated heterocycles. The Bertz CT molecular complexity index is 298. The minimum atomic E-state index is 0.547. The van der Waals surface area contributed by atoms with Gasteiger partial charge in [-0.05, 0) is 30.5 Å². The van der Waals surface area contributed by atoms with Crippen LogP contribution in [-0.2, 0) is 0 Å². The zero-order chi connectivity index (χ0) is 9.26. The van der Waals surface area contributed by atoms with E-state index in [2.05, 4.69) is 52.4 Å². The van der Waals surface area contributed by atoms with E-state index in [4.69, 9.17) is 0 Å². The molecule has 0 saturated carbocycles. The highest BCUT2D eigenvalue weighted by Gasteiger charge is 2.22. The third kappa shape index (κ3) is 1.94. The number of benzene rings is 1. The smallest absolute Gasteiger partial charge is 0.0334 e. The molecule has 70 valence electrons. The molecule has 13 heavy (non-hydrogen) atoms. The van der Waals surface area contributed by atoms with Gasteiger partial charge in [-0.15, -0.1) is 0 Å². The van der Waals surface area contributed by atoms with Gasteiger partial charge in [-0.3, -0.25) is 0 Å². The summed E-state index contributed by atoms with van der Waals surface area (Å²) in [6.45, 7) is 3.44. The van der Waals surface area contributed by atoms with Crippen LogP contribution in [-0.4, -0.2) is 6.54 Å². The molecule has 1 fully saturated rings. The Morgan fingerprint density at radius 2 is 2.15 bits per heavy atom. The molecule has 1 aliphatic rings. The first-order chi connectivity index (χ1) is 6.27. The van der Waals surface area contributed by atoms with Crippen LogP contribution >= 0.6 is 15.9 Å². The quantitative estimate of drug-likeness (QED) is 0.795. The fourth-order valence-electron chi connectivity index (χ4n) is 1.91. The molecule has 1 aliphatic heterocycles. The molecule has 0 unspecified atom stereocenters. The Morgan fingerprint density at radius 1 is 1.38 bits per heavy atom. The molecule has 1 heterocycles. The van der Waals surface area contributed by atoms with Crippen molar-refractivity contribution < 1.29 is 0 Å². The van der Waals surface area contributed by atoms with Crippen molar-refractivity contribution in [2.45, 2.75) is 19.4 Å². The lowest BCUT2D eigenvalue weighted by Gasteiger charge is -2.12. The van der Waals surface area contributed by atoms with Gasteiger partial charge in [0.1, 0.15) is 0 Å². The van der Waals surface area contributed by atoms with E-state index < -0.39 is 0 Å². The average molecular weight is 240 g/mol. The maximum Gasteiger partial charge on any atom is 0.0334 e. The van der Waals surface area contributed by atoms with E-state index in [1.54, 1.807) is 0 Å². The first kappa shape index (κ1) is 9.22. The normalized spacial score (nSPS) is 27.8. The van der Waals surface area contributed by atoms with Gasteiger partial charge in [-0.1, -0.05) is 41.1 Å². The van der Waals surface area contributed by atoms with Gasteiger partial charge in [0.25, 0.3) is 0 Å². The van der Waals surface area contributed by atoms with Crippen LogP contribution in [0.2, 0.25) is 0 Å². The Morgan fingerprint density at radius 3 is 2.77 bits per heavy atom. The fraction of sp³-hybridized carbons (Fsp3) is 0.455. The lowest BCUT2D eigenvalue weighted by Crippen LogP contribution is -2.13. The summed E-state index contributed by atoms with van der Waals surface area (Å²) < 4.78 is 1.22. The van der Waals surface area contributed by atoms with Gasteiger partial charge in [-0.2, -0.15) is 0 Å². The highest BCUT2D eigenvalue weighted by atomic mass is 79.9. The Hall–Kier alpha value is -0.340. The van der Waals surface area contributed by atoms with E-state index in [-0.39, 0.29) is 0 Å². The monoisotopic (exact) mass is 239 g/mol. The Labute approximate surface area is 87.7 Å². The summed E-state index contributed by atoms with van der Waals surface area (Å²) in [6, 6.07) is 9.02. The van der Waals surface area contributed by atoms with Crippen molar-refractivity contribution >= 4 is 15.9 Å². The zero-order valence-corrected chi connectivity index (χ0v) is 9.34. The molecule has 0 spiro atoms. The minimum Gasteiger partial charge on any atom is -0.310 e. The second-order valence-electron chi connectivity index (χ2n) is 3.82.